The fourth-order valence-electron chi connectivity index (χ4n) is 2.66. The van der Waals surface area contributed by atoms with Gasteiger partial charge in [0.15, 0.2) is 0 Å². The van der Waals surface area contributed by atoms with Gasteiger partial charge in [-0.25, -0.2) is 4.98 Å². The third-order valence-electron chi connectivity index (χ3n) is 4.01. The monoisotopic (exact) mass is 350 g/mol. The summed E-state index contributed by atoms with van der Waals surface area (Å²) in [7, 11) is 0. The maximum atomic E-state index is 5.99. The summed E-state index contributed by atoms with van der Waals surface area (Å²) in [5.74, 6) is 0. The minimum Gasteiger partial charge on any atom is -0.337 e. The van der Waals surface area contributed by atoms with Crippen LogP contribution in [0.25, 0.3) is 0 Å². The van der Waals surface area contributed by atoms with E-state index in [1.54, 1.807) is 0 Å². The molecule has 0 aliphatic heterocycles. The van der Waals surface area contributed by atoms with Gasteiger partial charge in [-0.15, -0.1) is 11.8 Å². The molecule has 4 heteroatoms. The van der Waals surface area contributed by atoms with Crippen molar-refractivity contribution >= 4 is 23.4 Å². The molecule has 2 rings (SSSR count). The number of rotatable bonds is 11. The highest BCUT2D eigenvalue weighted by Crippen LogP contribution is 2.30. The Labute approximate surface area is 149 Å². The largest absolute Gasteiger partial charge is 0.337 e. The summed E-state index contributed by atoms with van der Waals surface area (Å²) in [6, 6.07) is 8.23. The van der Waals surface area contributed by atoms with Crippen molar-refractivity contribution in [2.75, 3.05) is 0 Å². The molecular formula is C19H27ClN2S. The Bertz CT molecular complexity index is 525. The van der Waals surface area contributed by atoms with E-state index >= 15 is 0 Å². The van der Waals surface area contributed by atoms with Gasteiger partial charge in [-0.05, 0) is 37.1 Å². The van der Waals surface area contributed by atoms with E-state index in [0.717, 1.165) is 11.6 Å². The summed E-state index contributed by atoms with van der Waals surface area (Å²) in [6.07, 6.45) is 15.0. The molecule has 0 saturated carbocycles. The molecular weight excluding hydrogens is 324 g/mol. The molecule has 0 aliphatic rings. The van der Waals surface area contributed by atoms with E-state index in [4.69, 9.17) is 11.6 Å². The Balaban J connectivity index is 1.83. The van der Waals surface area contributed by atoms with Gasteiger partial charge in [0.2, 0.25) is 0 Å². The minimum atomic E-state index is 0.653. The number of aromatic nitrogens is 2. The summed E-state index contributed by atoms with van der Waals surface area (Å²) >= 11 is 7.98. The van der Waals surface area contributed by atoms with Gasteiger partial charge in [-0.3, -0.25) is 0 Å². The van der Waals surface area contributed by atoms with E-state index in [0.29, 0.717) is 5.25 Å². The van der Waals surface area contributed by atoms with E-state index in [2.05, 4.69) is 28.6 Å². The van der Waals surface area contributed by atoms with E-state index in [-0.39, 0.29) is 0 Å². The molecule has 0 spiro atoms. The minimum absolute atomic E-state index is 0.653. The average Bonchev–Trinajstić information content (AvgIpc) is 3.07. The topological polar surface area (TPSA) is 17.8 Å². The van der Waals surface area contributed by atoms with Crippen molar-refractivity contribution in [3.8, 4) is 0 Å². The molecule has 23 heavy (non-hydrogen) atoms. The molecule has 1 unspecified atom stereocenters. The second kappa shape index (κ2) is 10.8. The van der Waals surface area contributed by atoms with Crippen LogP contribution in [0.2, 0.25) is 5.02 Å². The van der Waals surface area contributed by atoms with Crippen LogP contribution < -0.4 is 0 Å². The molecule has 126 valence electrons. The summed E-state index contributed by atoms with van der Waals surface area (Å²) in [6.45, 7) is 3.31. The smallest absolute Gasteiger partial charge is 0.0945 e. The Morgan fingerprint density at radius 3 is 2.57 bits per heavy atom. The van der Waals surface area contributed by atoms with Gasteiger partial charge in [0.1, 0.15) is 0 Å². The van der Waals surface area contributed by atoms with Crippen LogP contribution in [0.5, 0.6) is 0 Å². The predicted octanol–water partition coefficient (Wildman–Crippen LogP) is 6.45. The zero-order valence-electron chi connectivity index (χ0n) is 14.0. The molecule has 0 bridgehead atoms. The van der Waals surface area contributed by atoms with Crippen molar-refractivity contribution in [3.05, 3.63) is 48.0 Å². The van der Waals surface area contributed by atoms with E-state index in [9.17, 15) is 0 Å². The van der Waals surface area contributed by atoms with Crippen molar-refractivity contribution in [3.63, 3.8) is 0 Å². The molecule has 0 fully saturated rings. The molecule has 0 radical (unpaired) electrons. The van der Waals surface area contributed by atoms with Crippen LogP contribution in [-0.4, -0.2) is 14.8 Å². The van der Waals surface area contributed by atoms with Crippen molar-refractivity contribution < 1.29 is 0 Å². The first kappa shape index (κ1) is 18.4. The third-order valence-corrected chi connectivity index (χ3v) is 5.62. The molecule has 0 aliphatic carbocycles. The van der Waals surface area contributed by atoms with Crippen LogP contribution in [0.1, 0.15) is 51.9 Å². The molecule has 1 heterocycles. The summed E-state index contributed by atoms with van der Waals surface area (Å²) < 4.78 is 2.17. The SMILES string of the molecule is CCCCCCCC(CCn1ccnc1)Sc1ccc(Cl)cc1. The standard InChI is InChI=1S/C19H27ClN2S/c1-2-3-4-5-6-7-18(12-14-22-15-13-21-16-22)23-19-10-8-17(20)9-11-19/h8-11,13,15-16,18H,2-7,12,14H2,1H3. The molecule has 2 nitrogen and oxygen atoms in total. The van der Waals surface area contributed by atoms with Gasteiger partial charge >= 0.3 is 0 Å². The third kappa shape index (κ3) is 7.45. The fraction of sp³-hybridized carbons (Fsp3) is 0.526. The quantitative estimate of drug-likeness (QED) is 0.342. The number of thioether (sulfide) groups is 1. The van der Waals surface area contributed by atoms with Gasteiger partial charge in [0.25, 0.3) is 0 Å². The molecule has 1 aromatic heterocycles. The van der Waals surface area contributed by atoms with Crippen LogP contribution in [0, 0.1) is 0 Å². The summed E-state index contributed by atoms with van der Waals surface area (Å²) in [5, 5.41) is 1.46. The number of imidazole rings is 1. The number of unbranched alkanes of at least 4 members (excludes halogenated alkanes) is 4. The molecule has 0 saturated heterocycles. The van der Waals surface area contributed by atoms with E-state index in [1.807, 2.05) is 42.6 Å². The fourth-order valence-corrected chi connectivity index (χ4v) is 3.97. The number of aryl methyl sites for hydroxylation is 1. The first-order valence-electron chi connectivity index (χ1n) is 8.66. The number of hydrogen-bond acceptors (Lipinski definition) is 2. The van der Waals surface area contributed by atoms with Crippen LogP contribution in [-0.2, 0) is 6.54 Å². The zero-order valence-corrected chi connectivity index (χ0v) is 15.5. The summed E-state index contributed by atoms with van der Waals surface area (Å²) in [4.78, 5) is 5.45. The maximum absolute atomic E-state index is 5.99. The Morgan fingerprint density at radius 2 is 1.87 bits per heavy atom. The molecule has 1 atom stereocenters. The van der Waals surface area contributed by atoms with Crippen molar-refractivity contribution in [1.82, 2.24) is 9.55 Å². The van der Waals surface area contributed by atoms with Crippen LogP contribution in [0.15, 0.2) is 47.9 Å². The molecule has 0 amide bonds. The van der Waals surface area contributed by atoms with E-state index < -0.39 is 0 Å². The van der Waals surface area contributed by atoms with Crippen LogP contribution >= 0.6 is 23.4 Å². The Kier molecular flexibility index (Phi) is 8.62. The predicted molar refractivity (Wildman–Crippen MR) is 101 cm³/mol. The van der Waals surface area contributed by atoms with Gasteiger partial charge in [-0.2, -0.15) is 0 Å². The average molecular weight is 351 g/mol. The summed E-state index contributed by atoms with van der Waals surface area (Å²) in [5.41, 5.74) is 0. The van der Waals surface area contributed by atoms with E-state index in [1.165, 1.54) is 49.8 Å². The van der Waals surface area contributed by atoms with Crippen LogP contribution in [0.4, 0.5) is 0 Å². The highest BCUT2D eigenvalue weighted by molar-refractivity contribution is 8.00. The lowest BCUT2D eigenvalue weighted by molar-refractivity contribution is 0.553. The molecule has 0 N–H and O–H groups in total. The van der Waals surface area contributed by atoms with Gasteiger partial charge in [0, 0.05) is 34.1 Å². The lowest BCUT2D eigenvalue weighted by Crippen LogP contribution is -2.08. The normalized spacial score (nSPS) is 12.4. The van der Waals surface area contributed by atoms with Crippen molar-refractivity contribution in [1.29, 1.82) is 0 Å². The number of halogens is 1. The maximum Gasteiger partial charge on any atom is 0.0945 e. The first-order chi connectivity index (χ1) is 11.3. The lowest BCUT2D eigenvalue weighted by Gasteiger charge is -2.17. The second-order valence-electron chi connectivity index (χ2n) is 5.99. The molecule has 2 aromatic rings. The number of nitrogens with zero attached hydrogens (tertiary/aromatic N) is 2. The second-order valence-corrected chi connectivity index (χ2v) is 7.80. The van der Waals surface area contributed by atoms with Crippen LogP contribution in [0.3, 0.4) is 0 Å². The highest BCUT2D eigenvalue weighted by atomic mass is 35.5. The van der Waals surface area contributed by atoms with Gasteiger partial charge in [0.05, 0.1) is 6.33 Å². The number of benzene rings is 1. The van der Waals surface area contributed by atoms with Gasteiger partial charge < -0.3 is 4.57 Å². The van der Waals surface area contributed by atoms with Crippen molar-refractivity contribution in [2.45, 2.75) is 68.6 Å². The molecule has 1 aromatic carbocycles. The Morgan fingerprint density at radius 1 is 1.09 bits per heavy atom. The lowest BCUT2D eigenvalue weighted by atomic mass is 10.1. The highest BCUT2D eigenvalue weighted by Gasteiger charge is 2.11. The van der Waals surface area contributed by atoms with Crippen molar-refractivity contribution in [2.24, 2.45) is 0 Å². The zero-order chi connectivity index (χ0) is 16.3. The Hall–Kier alpha value is -0.930. The number of hydrogen-bond donors (Lipinski definition) is 0. The first-order valence-corrected chi connectivity index (χ1v) is 9.91. The van der Waals surface area contributed by atoms with Gasteiger partial charge in [-0.1, -0.05) is 50.6 Å².